The van der Waals surface area contributed by atoms with Crippen molar-refractivity contribution in [3.8, 4) is 0 Å². The van der Waals surface area contributed by atoms with Gasteiger partial charge >= 0.3 is 0 Å². The minimum absolute atomic E-state index is 0.973. The van der Waals surface area contributed by atoms with Crippen molar-refractivity contribution in [3.63, 3.8) is 0 Å². The van der Waals surface area contributed by atoms with Gasteiger partial charge in [-0.3, -0.25) is 0 Å². The van der Waals surface area contributed by atoms with Gasteiger partial charge in [-0.15, -0.1) is 11.3 Å². The third-order valence-electron chi connectivity index (χ3n) is 2.57. The Morgan fingerprint density at radius 3 is 3.00 bits per heavy atom. The van der Waals surface area contributed by atoms with Gasteiger partial charge in [0.05, 0.1) is 0 Å². The maximum absolute atomic E-state index is 3.34. The Hall–Kier alpha value is -1.12. The Morgan fingerprint density at radius 1 is 1.38 bits per heavy atom. The first kappa shape index (κ1) is 11.4. The lowest BCUT2D eigenvalue weighted by Crippen LogP contribution is -2.14. The highest BCUT2D eigenvalue weighted by Crippen LogP contribution is 2.27. The average molecular weight is 231 g/mol. The summed E-state index contributed by atoms with van der Waals surface area (Å²) in [5, 5.41) is 6.94. The first-order valence-electron chi connectivity index (χ1n) is 5.65. The summed E-state index contributed by atoms with van der Waals surface area (Å²) in [6, 6.07) is 8.57. The lowest BCUT2D eigenvalue weighted by Gasteiger charge is -2.01. The van der Waals surface area contributed by atoms with Gasteiger partial charge in [0, 0.05) is 11.2 Å². The molecule has 0 spiro atoms. The van der Waals surface area contributed by atoms with Crippen molar-refractivity contribution in [2.24, 2.45) is 0 Å². The Morgan fingerprint density at radius 2 is 2.19 bits per heavy atom. The van der Waals surface area contributed by atoms with E-state index in [4.69, 9.17) is 0 Å². The molecule has 0 aliphatic rings. The zero-order chi connectivity index (χ0) is 11.4. The largest absolute Gasteiger partial charge is 0.313 e. The van der Waals surface area contributed by atoms with Crippen molar-refractivity contribution in [2.45, 2.75) is 13.8 Å². The first-order chi connectivity index (χ1) is 7.81. The SMILES string of the molecule is CCNCC(C)=Cc1csc2ccccc12. The van der Waals surface area contributed by atoms with Crippen molar-refractivity contribution in [3.05, 3.63) is 40.8 Å². The number of likely N-dealkylation sites (N-methyl/N-ethyl adjacent to an activating group) is 1. The van der Waals surface area contributed by atoms with Crippen LogP contribution in [0, 0.1) is 0 Å². The van der Waals surface area contributed by atoms with Gasteiger partial charge in [0.25, 0.3) is 0 Å². The van der Waals surface area contributed by atoms with Crippen LogP contribution in [0.2, 0.25) is 0 Å². The smallest absolute Gasteiger partial charge is 0.0348 e. The highest BCUT2D eigenvalue weighted by atomic mass is 32.1. The van der Waals surface area contributed by atoms with E-state index in [2.05, 4.69) is 54.9 Å². The zero-order valence-electron chi connectivity index (χ0n) is 9.79. The van der Waals surface area contributed by atoms with Crippen molar-refractivity contribution in [1.82, 2.24) is 5.32 Å². The predicted molar refractivity (Wildman–Crippen MR) is 74.0 cm³/mol. The molecule has 0 aliphatic carbocycles. The Balaban J connectivity index is 2.27. The Labute approximate surface area is 101 Å². The number of nitrogens with one attached hydrogen (secondary N) is 1. The molecule has 1 aromatic carbocycles. The second-order valence-corrected chi connectivity index (χ2v) is 4.87. The van der Waals surface area contributed by atoms with Crippen LogP contribution in [0.15, 0.2) is 35.2 Å². The number of hydrogen-bond donors (Lipinski definition) is 1. The monoisotopic (exact) mass is 231 g/mol. The molecule has 0 amide bonds. The lowest BCUT2D eigenvalue weighted by atomic mass is 10.1. The molecule has 2 rings (SSSR count). The number of hydrogen-bond acceptors (Lipinski definition) is 2. The fourth-order valence-corrected chi connectivity index (χ4v) is 2.67. The Kier molecular flexibility index (Phi) is 3.75. The summed E-state index contributed by atoms with van der Waals surface area (Å²) in [5.74, 6) is 0. The van der Waals surface area contributed by atoms with Gasteiger partial charge in [-0.25, -0.2) is 0 Å². The van der Waals surface area contributed by atoms with E-state index in [9.17, 15) is 0 Å². The van der Waals surface area contributed by atoms with Crippen LogP contribution in [-0.2, 0) is 0 Å². The van der Waals surface area contributed by atoms with E-state index < -0.39 is 0 Å². The molecule has 0 bridgehead atoms. The van der Waals surface area contributed by atoms with Gasteiger partial charge in [0.2, 0.25) is 0 Å². The third-order valence-corrected chi connectivity index (χ3v) is 3.55. The Bertz CT molecular complexity index is 496. The van der Waals surface area contributed by atoms with Crippen LogP contribution < -0.4 is 5.32 Å². The quantitative estimate of drug-likeness (QED) is 0.841. The summed E-state index contributed by atoms with van der Waals surface area (Å²) in [6.45, 7) is 6.30. The summed E-state index contributed by atoms with van der Waals surface area (Å²) in [6.07, 6.45) is 2.28. The van der Waals surface area contributed by atoms with Crippen LogP contribution >= 0.6 is 11.3 Å². The molecule has 1 nitrogen and oxygen atoms in total. The molecule has 0 unspecified atom stereocenters. The van der Waals surface area contributed by atoms with Gasteiger partial charge in [0.1, 0.15) is 0 Å². The molecule has 2 aromatic rings. The van der Waals surface area contributed by atoms with E-state index in [0.717, 1.165) is 13.1 Å². The van der Waals surface area contributed by atoms with Crippen LogP contribution in [0.3, 0.4) is 0 Å². The van der Waals surface area contributed by atoms with E-state index >= 15 is 0 Å². The second-order valence-electron chi connectivity index (χ2n) is 3.96. The summed E-state index contributed by atoms with van der Waals surface area (Å²) in [5.41, 5.74) is 2.72. The van der Waals surface area contributed by atoms with Crippen LogP contribution in [0.5, 0.6) is 0 Å². The molecule has 16 heavy (non-hydrogen) atoms. The van der Waals surface area contributed by atoms with Gasteiger partial charge in [-0.2, -0.15) is 0 Å². The zero-order valence-corrected chi connectivity index (χ0v) is 10.6. The molecule has 84 valence electrons. The normalized spacial score (nSPS) is 12.2. The number of thiophene rings is 1. The second kappa shape index (κ2) is 5.28. The average Bonchev–Trinajstić information content (AvgIpc) is 2.70. The lowest BCUT2D eigenvalue weighted by molar-refractivity contribution is 0.779. The van der Waals surface area contributed by atoms with Crippen LogP contribution in [0.1, 0.15) is 19.4 Å². The minimum Gasteiger partial charge on any atom is -0.313 e. The minimum atomic E-state index is 0.973. The van der Waals surface area contributed by atoms with Crippen LogP contribution in [0.25, 0.3) is 16.2 Å². The number of fused-ring (bicyclic) bond motifs is 1. The van der Waals surface area contributed by atoms with E-state index in [1.54, 1.807) is 0 Å². The number of rotatable bonds is 4. The molecule has 0 fully saturated rings. The molecule has 0 saturated heterocycles. The van der Waals surface area contributed by atoms with Crippen LogP contribution in [0.4, 0.5) is 0 Å². The molecule has 0 atom stereocenters. The predicted octanol–water partition coefficient (Wildman–Crippen LogP) is 3.91. The molecule has 1 aromatic heterocycles. The van der Waals surface area contributed by atoms with Gasteiger partial charge in [0.15, 0.2) is 0 Å². The molecule has 0 saturated carbocycles. The van der Waals surface area contributed by atoms with Crippen LogP contribution in [-0.4, -0.2) is 13.1 Å². The van der Waals surface area contributed by atoms with Gasteiger partial charge in [-0.1, -0.05) is 36.8 Å². The summed E-state index contributed by atoms with van der Waals surface area (Å²) in [4.78, 5) is 0. The molecule has 1 heterocycles. The fraction of sp³-hybridized carbons (Fsp3) is 0.286. The standard InChI is InChI=1S/C14H17NS/c1-3-15-9-11(2)8-12-10-16-14-7-5-4-6-13(12)14/h4-8,10,15H,3,9H2,1-2H3. The van der Waals surface area contributed by atoms with Gasteiger partial charge < -0.3 is 5.32 Å². The maximum Gasteiger partial charge on any atom is 0.0348 e. The number of benzene rings is 1. The third kappa shape index (κ3) is 2.52. The van der Waals surface area contributed by atoms with E-state index in [-0.39, 0.29) is 0 Å². The van der Waals surface area contributed by atoms with E-state index in [1.165, 1.54) is 21.2 Å². The van der Waals surface area contributed by atoms with Crippen molar-refractivity contribution >= 4 is 27.5 Å². The van der Waals surface area contributed by atoms with Gasteiger partial charge in [-0.05, 0) is 35.9 Å². The molecule has 1 N–H and O–H groups in total. The molecular weight excluding hydrogens is 214 g/mol. The van der Waals surface area contributed by atoms with Crippen molar-refractivity contribution in [2.75, 3.05) is 13.1 Å². The first-order valence-corrected chi connectivity index (χ1v) is 6.53. The maximum atomic E-state index is 3.34. The highest BCUT2D eigenvalue weighted by Gasteiger charge is 2.00. The van der Waals surface area contributed by atoms with Crippen molar-refractivity contribution < 1.29 is 0 Å². The molecule has 0 aliphatic heterocycles. The fourth-order valence-electron chi connectivity index (χ4n) is 1.75. The summed E-state index contributed by atoms with van der Waals surface area (Å²) < 4.78 is 1.37. The van der Waals surface area contributed by atoms with E-state index in [1.807, 2.05) is 11.3 Å². The summed E-state index contributed by atoms with van der Waals surface area (Å²) in [7, 11) is 0. The summed E-state index contributed by atoms with van der Waals surface area (Å²) >= 11 is 1.81. The molecular formula is C14H17NS. The highest BCUT2D eigenvalue weighted by molar-refractivity contribution is 7.17. The topological polar surface area (TPSA) is 12.0 Å². The van der Waals surface area contributed by atoms with E-state index in [0.29, 0.717) is 0 Å². The molecule has 2 heteroatoms. The molecule has 0 radical (unpaired) electrons. The van der Waals surface area contributed by atoms with Crippen molar-refractivity contribution in [1.29, 1.82) is 0 Å².